The van der Waals surface area contributed by atoms with Gasteiger partial charge in [0.05, 0.1) is 11.0 Å². The fourth-order valence-corrected chi connectivity index (χ4v) is 15.2. The van der Waals surface area contributed by atoms with E-state index in [-0.39, 0.29) is 39.3 Å². The largest absolute Gasteiger partial charge is 0.456 e. The highest BCUT2D eigenvalue weighted by Gasteiger charge is 2.52. The number of nitrogens with zero attached hydrogens (tertiary/aromatic N) is 2. The summed E-state index contributed by atoms with van der Waals surface area (Å²) in [6.07, 6.45) is 2.39. The van der Waals surface area contributed by atoms with Crippen LogP contribution in [0.1, 0.15) is 154 Å². The van der Waals surface area contributed by atoms with Crippen LogP contribution in [-0.2, 0) is 32.5 Å². The Labute approximate surface area is 437 Å². The molecule has 4 heteroatoms. The summed E-state index contributed by atoms with van der Waals surface area (Å²) in [4.78, 5) is 2.77. The van der Waals surface area contributed by atoms with E-state index >= 15 is 0 Å². The molecule has 2 aromatic heterocycles. The Morgan fingerprint density at radius 1 is 0.486 bits per heavy atom. The average molecular weight is 963 g/mol. The zero-order valence-corrected chi connectivity index (χ0v) is 45.9. The molecule has 74 heavy (non-hydrogen) atoms. The molecule has 8 aromatic carbocycles. The first-order valence-corrected chi connectivity index (χ1v) is 27.5. The minimum atomic E-state index is -0.295. The third-order valence-electron chi connectivity index (χ3n) is 19.5. The molecule has 0 fully saturated rings. The van der Waals surface area contributed by atoms with Gasteiger partial charge in [0.2, 0.25) is 0 Å². The van der Waals surface area contributed by atoms with E-state index in [0.717, 1.165) is 21.9 Å². The molecule has 0 unspecified atom stereocenters. The fourth-order valence-electron chi connectivity index (χ4n) is 15.2. The molecule has 3 aliphatic carbocycles. The molecule has 0 atom stereocenters. The van der Waals surface area contributed by atoms with Crippen LogP contribution in [0.5, 0.6) is 0 Å². The Morgan fingerprint density at radius 2 is 1.14 bits per heavy atom. The first kappa shape index (κ1) is 44.7. The Morgan fingerprint density at radius 3 is 1.86 bits per heavy atom. The van der Waals surface area contributed by atoms with E-state index in [2.05, 4.69) is 234 Å². The second kappa shape index (κ2) is 13.7. The van der Waals surface area contributed by atoms with Gasteiger partial charge in [0.15, 0.2) is 0 Å². The third kappa shape index (κ3) is 5.50. The van der Waals surface area contributed by atoms with Gasteiger partial charge in [-0.3, -0.25) is 0 Å². The number of hydrogen-bond donors (Lipinski definition) is 0. The molecule has 15 rings (SSSR count). The molecule has 0 spiro atoms. The molecule has 0 saturated heterocycles. The summed E-state index contributed by atoms with van der Waals surface area (Å²) in [5, 5.41) is 5.01. The van der Waals surface area contributed by atoms with E-state index < -0.39 is 0 Å². The number of anilines is 2. The number of furan rings is 1. The van der Waals surface area contributed by atoms with Crippen molar-refractivity contribution in [2.45, 2.75) is 142 Å². The molecule has 0 N–H and O–H groups in total. The van der Waals surface area contributed by atoms with Gasteiger partial charge in [-0.05, 0) is 166 Å². The van der Waals surface area contributed by atoms with Gasteiger partial charge in [0, 0.05) is 61.1 Å². The quantitative estimate of drug-likeness (QED) is 0.153. The molecule has 0 saturated carbocycles. The lowest BCUT2D eigenvalue weighted by atomic mass is 9.43. The maximum atomic E-state index is 6.86. The summed E-state index contributed by atoms with van der Waals surface area (Å²) < 4.78 is 9.52. The lowest BCUT2D eigenvalue weighted by Gasteiger charge is -2.44. The van der Waals surface area contributed by atoms with Crippen molar-refractivity contribution in [3.8, 4) is 39.1 Å². The van der Waals surface area contributed by atoms with Crippen molar-refractivity contribution >= 4 is 72.9 Å². The van der Waals surface area contributed by atoms with Crippen LogP contribution in [-0.4, -0.2) is 11.4 Å². The monoisotopic (exact) mass is 963 g/mol. The summed E-state index contributed by atoms with van der Waals surface area (Å²) in [6.45, 7) is 33.8. The Kier molecular flexibility index (Phi) is 8.29. The van der Waals surface area contributed by atoms with E-state index in [0.29, 0.717) is 0 Å². The number of para-hydroxylation sites is 1. The first-order chi connectivity index (χ1) is 35.0. The van der Waals surface area contributed by atoms with E-state index in [1.807, 2.05) is 0 Å². The molecule has 3 nitrogen and oxygen atoms in total. The van der Waals surface area contributed by atoms with E-state index in [9.17, 15) is 0 Å². The maximum absolute atomic E-state index is 6.86. The molecular formula is C70H67BN2O. The lowest BCUT2D eigenvalue weighted by molar-refractivity contribution is 0.331. The molecule has 366 valence electrons. The highest BCUT2D eigenvalue weighted by Crippen LogP contribution is 2.62. The average Bonchev–Trinajstić information content (AvgIpc) is 4.22. The second-order valence-electron chi connectivity index (χ2n) is 27.6. The first-order valence-electron chi connectivity index (χ1n) is 27.5. The van der Waals surface area contributed by atoms with Crippen LogP contribution in [0.3, 0.4) is 0 Å². The summed E-state index contributed by atoms with van der Waals surface area (Å²) in [5.41, 5.74) is 30.2. The van der Waals surface area contributed by atoms with Crippen LogP contribution in [0.2, 0.25) is 0 Å². The topological polar surface area (TPSA) is 21.3 Å². The van der Waals surface area contributed by atoms with Gasteiger partial charge in [-0.2, -0.15) is 0 Å². The van der Waals surface area contributed by atoms with Crippen LogP contribution >= 0.6 is 0 Å². The van der Waals surface area contributed by atoms with Crippen LogP contribution in [0.4, 0.5) is 11.4 Å². The van der Waals surface area contributed by atoms with E-state index in [4.69, 9.17) is 4.42 Å². The number of rotatable bonds is 1. The van der Waals surface area contributed by atoms with Crippen LogP contribution in [0, 0.1) is 0 Å². The molecule has 2 aliphatic heterocycles. The number of aromatic nitrogens is 1. The predicted octanol–water partition coefficient (Wildman–Crippen LogP) is 17.5. The minimum absolute atomic E-state index is 0.00932. The summed E-state index contributed by atoms with van der Waals surface area (Å²) in [6, 6.07) is 50.6. The maximum Gasteiger partial charge on any atom is 0.333 e. The van der Waals surface area contributed by atoms with Gasteiger partial charge in [0.25, 0.3) is 0 Å². The van der Waals surface area contributed by atoms with Crippen molar-refractivity contribution in [2.75, 3.05) is 4.81 Å². The molecule has 5 aliphatic rings. The highest BCUT2D eigenvalue weighted by molar-refractivity contribution is 6.94. The summed E-state index contributed by atoms with van der Waals surface area (Å²) in [5.74, 6) is 0. The number of hydrogen-bond acceptors (Lipinski definition) is 2. The van der Waals surface area contributed by atoms with Crippen molar-refractivity contribution < 1.29 is 4.42 Å². The van der Waals surface area contributed by atoms with Crippen LogP contribution < -0.4 is 15.7 Å². The van der Waals surface area contributed by atoms with E-state index in [1.54, 1.807) is 0 Å². The van der Waals surface area contributed by atoms with E-state index in [1.165, 1.54) is 141 Å². The number of fused-ring (bicyclic) bond motifs is 20. The summed E-state index contributed by atoms with van der Waals surface area (Å²) in [7, 11) is 0. The van der Waals surface area contributed by atoms with Gasteiger partial charge >= 0.3 is 6.85 Å². The van der Waals surface area contributed by atoms with Gasteiger partial charge in [-0.1, -0.05) is 170 Å². The van der Waals surface area contributed by atoms with Crippen LogP contribution in [0.15, 0.2) is 132 Å². The predicted molar refractivity (Wildman–Crippen MR) is 315 cm³/mol. The third-order valence-corrected chi connectivity index (χ3v) is 19.5. The lowest BCUT2D eigenvalue weighted by Crippen LogP contribution is -2.61. The van der Waals surface area contributed by atoms with Crippen molar-refractivity contribution in [1.29, 1.82) is 0 Å². The Balaban J connectivity index is 1.16. The molecule has 0 amide bonds. The van der Waals surface area contributed by atoms with Crippen LogP contribution in [0.25, 0.3) is 82.8 Å². The minimum Gasteiger partial charge on any atom is -0.456 e. The highest BCUT2D eigenvalue weighted by atomic mass is 16.3. The standard InChI is InChI=1S/C70H67BN2O/c1-65(2,3)38-23-26-40(27-24-38)73-55-36-50-43(44-33-51-52(35-49(44)69(50,11)12)68(9,10)30-29-67(51,7)8)32-47(55)61-62-59(42-20-15-17-21-48(42)70(62,13)14)60-46-31-39(66(4,5)6)25-28-54(46)72-56-37-58-45(41-19-16-18-22-57(41)74-58)34-53(56)71(73)63(61)64(60)72/h15-28,31-37H,29-30H2,1-14H3. The van der Waals surface area contributed by atoms with Gasteiger partial charge in [0.1, 0.15) is 11.2 Å². The normalized spacial score (nSPS) is 17.9. The number of benzene rings is 8. The molecule has 4 heterocycles. The van der Waals surface area contributed by atoms with Crippen molar-refractivity contribution in [1.82, 2.24) is 4.57 Å². The van der Waals surface area contributed by atoms with Gasteiger partial charge in [-0.15, -0.1) is 0 Å². The molecule has 10 aromatic rings. The van der Waals surface area contributed by atoms with Crippen molar-refractivity contribution in [2.24, 2.45) is 0 Å². The fraction of sp³-hybridized carbons (Fsp3) is 0.314. The zero-order valence-electron chi connectivity index (χ0n) is 45.9. The molecule has 0 bridgehead atoms. The van der Waals surface area contributed by atoms with Crippen molar-refractivity contribution in [3.05, 3.63) is 172 Å². The Bertz CT molecular complexity index is 4210. The SMILES string of the molecule is CC(C)(C)c1ccc(N2B3c4cc5c(cc4-n4c6ccc(C(C)(C)C)cc6c6c7c(c(c3c64)-c3cc4c(cc32)C(C)(C)c2cc3c(cc2-4)C(C)(C)CCC3(C)C)C(C)(C)c2ccccc2-7)oc2ccccc25)cc1. The van der Waals surface area contributed by atoms with Gasteiger partial charge in [-0.25, -0.2) is 0 Å². The second-order valence-corrected chi connectivity index (χ2v) is 27.6. The smallest absolute Gasteiger partial charge is 0.333 e. The van der Waals surface area contributed by atoms with Crippen molar-refractivity contribution in [3.63, 3.8) is 0 Å². The summed E-state index contributed by atoms with van der Waals surface area (Å²) >= 11 is 0. The zero-order chi connectivity index (χ0) is 51.3. The Hall–Kier alpha value is -6.78. The molecular weight excluding hydrogens is 896 g/mol. The molecule has 0 radical (unpaired) electrons. The van der Waals surface area contributed by atoms with Gasteiger partial charge < -0.3 is 13.8 Å².